The molecule has 71 heavy (non-hydrogen) atoms. The zero-order valence-electron chi connectivity index (χ0n) is 52.3. The molecule has 3 aromatic heterocycles. The zero-order chi connectivity index (χ0) is 58.7. The summed E-state index contributed by atoms with van der Waals surface area (Å²) in [5, 5.41) is 2.21. The second kappa shape index (κ2) is 16.5. The van der Waals surface area contributed by atoms with E-state index in [0.29, 0.717) is 32.0 Å². The van der Waals surface area contributed by atoms with E-state index in [4.69, 9.17) is 17.9 Å². The number of pyridine rings is 1. The fraction of sp³-hybridized carbons (Fsp3) is 0.262. The quantitative estimate of drug-likeness (QED) is 0.149. The van der Waals surface area contributed by atoms with Gasteiger partial charge in [-0.25, -0.2) is 0 Å². The molecule has 0 bridgehead atoms. The van der Waals surface area contributed by atoms with Crippen molar-refractivity contribution in [2.75, 3.05) is 0 Å². The molecule has 11 rings (SSSR count). The Kier molecular flexibility index (Phi) is 8.46. The van der Waals surface area contributed by atoms with Crippen LogP contribution < -0.4 is 4.74 Å². The first kappa shape index (κ1) is 36.4. The Morgan fingerprint density at radius 1 is 0.592 bits per heavy atom. The predicted octanol–water partition coefficient (Wildman–Crippen LogP) is 16.9. The van der Waals surface area contributed by atoms with Gasteiger partial charge >= 0.3 is 333 Å². The molecule has 360 valence electrons. The molecule has 7 aromatic carbocycles. The first-order valence-electron chi connectivity index (χ1n) is 29.1. The molecule has 10 aromatic rings. The summed E-state index contributed by atoms with van der Waals surface area (Å²) in [6, 6.07) is 31.6. The third-order valence-electron chi connectivity index (χ3n) is 15.7. The van der Waals surface area contributed by atoms with Crippen molar-refractivity contribution in [3.05, 3.63) is 196 Å². The zero-order valence-corrected chi connectivity index (χ0v) is 44.5. The Morgan fingerprint density at radius 3 is 1.83 bits per heavy atom. The van der Waals surface area contributed by atoms with Gasteiger partial charge < -0.3 is 0 Å². The van der Waals surface area contributed by atoms with Crippen LogP contribution in [0.15, 0.2) is 158 Å². The maximum atomic E-state index is 9.20. The third kappa shape index (κ3) is 7.36. The van der Waals surface area contributed by atoms with Crippen molar-refractivity contribution >= 4 is 32.8 Å². The summed E-state index contributed by atoms with van der Waals surface area (Å²) in [5.41, 5.74) is 7.85. The molecule has 0 radical (unpaired) electrons. The summed E-state index contributed by atoms with van der Waals surface area (Å²) in [5.74, 6) is 1.65. The van der Waals surface area contributed by atoms with Gasteiger partial charge in [-0.15, -0.1) is 0 Å². The monoisotopic (exact) mass is 1120 g/mol. The van der Waals surface area contributed by atoms with E-state index in [1.165, 1.54) is 16.5 Å². The van der Waals surface area contributed by atoms with E-state index < -0.39 is 65.8 Å². The third-order valence-corrected chi connectivity index (χ3v) is 16.8. The average molecular weight is 1120 g/mol. The molecule has 3 heterocycles. The van der Waals surface area contributed by atoms with Crippen molar-refractivity contribution in [1.29, 1.82) is 0 Å². The first-order chi connectivity index (χ1) is 37.8. The number of fused-ring (bicyclic) bond motifs is 6. The Morgan fingerprint density at radius 2 is 1.21 bits per heavy atom. The second-order valence-corrected chi connectivity index (χ2v) is 23.4. The maximum absolute atomic E-state index is 9.20. The Labute approximate surface area is 444 Å². The standard InChI is InChI=1S/C65H62N4O.Pt/c1-61(2,3)44-34-35-66-57(38-44)69-55-33-32-52-59(64(9,10)65(11,12)63(52,7)8)58(55)51-31-30-47(40-56(51)69)70-48-37-45(62(4,5)6)36-46(39-48)67-41-68(54-29-20-19-28-53(54)67)60-49(42-22-15-13-16-23-42)26-21-27-50(60)43-24-17-14-18-25-43;/h13-38H,1-12H3;/q-2;/i13D,14D,15D,16D,17D,18D,22D,23D,24D,25D;. The van der Waals surface area contributed by atoms with Crippen molar-refractivity contribution in [2.24, 2.45) is 5.41 Å². The van der Waals surface area contributed by atoms with E-state index in [0.717, 1.165) is 33.4 Å². The molecule has 1 aliphatic rings. The molecule has 0 atom stereocenters. The van der Waals surface area contributed by atoms with Crippen LogP contribution in [-0.4, -0.2) is 18.7 Å². The van der Waals surface area contributed by atoms with Gasteiger partial charge in [0.25, 0.3) is 0 Å². The summed E-state index contributed by atoms with van der Waals surface area (Å²) in [6.07, 6.45) is 1.88. The fourth-order valence-corrected chi connectivity index (χ4v) is 11.8. The average Bonchev–Trinajstić information content (AvgIpc) is 4.18. The minimum absolute atomic E-state index is 0.0869. The van der Waals surface area contributed by atoms with E-state index in [-0.39, 0.29) is 49.6 Å². The van der Waals surface area contributed by atoms with Gasteiger partial charge in [0.05, 0.1) is 0 Å². The van der Waals surface area contributed by atoms with Crippen LogP contribution in [0.2, 0.25) is 0 Å². The molecule has 0 saturated heterocycles. The van der Waals surface area contributed by atoms with Gasteiger partial charge in [-0.1, -0.05) is 68.4 Å². The van der Waals surface area contributed by atoms with E-state index in [2.05, 4.69) is 149 Å². The molecule has 0 fully saturated rings. The number of hydrogen-bond donors (Lipinski definition) is 0. The fourth-order valence-electron chi connectivity index (χ4n) is 10.7. The van der Waals surface area contributed by atoms with Crippen molar-refractivity contribution in [3.8, 4) is 50.9 Å². The summed E-state index contributed by atoms with van der Waals surface area (Å²) < 4.78 is 102. The van der Waals surface area contributed by atoms with Crippen molar-refractivity contribution in [3.63, 3.8) is 0 Å². The number of imidazole rings is 1. The molecule has 5 nitrogen and oxygen atoms in total. The number of benzene rings is 7. The Hall–Kier alpha value is -6.55. The molecule has 0 N–H and O–H groups in total. The summed E-state index contributed by atoms with van der Waals surface area (Å²) in [7, 11) is 0. The normalized spacial score (nSPS) is 17.2. The summed E-state index contributed by atoms with van der Waals surface area (Å²) >= 11 is 2.19. The molecule has 0 aliphatic heterocycles. The number of ether oxygens (including phenoxy) is 1. The molecule has 0 saturated carbocycles. The molecular weight excluding hydrogens is 1050 g/mol. The predicted molar refractivity (Wildman–Crippen MR) is 290 cm³/mol. The van der Waals surface area contributed by atoms with E-state index in [1.807, 2.05) is 57.8 Å². The van der Waals surface area contributed by atoms with Crippen LogP contribution in [0, 0.1) is 21.4 Å². The van der Waals surface area contributed by atoms with E-state index >= 15 is 0 Å². The van der Waals surface area contributed by atoms with E-state index in [1.54, 1.807) is 18.2 Å². The number of rotatable bonds is 7. The summed E-state index contributed by atoms with van der Waals surface area (Å²) in [6.45, 7) is 27.2. The van der Waals surface area contributed by atoms with Gasteiger partial charge in [-0.05, 0) is 38.9 Å². The Bertz CT molecular complexity index is 4270. The van der Waals surface area contributed by atoms with Crippen LogP contribution >= 0.6 is 0 Å². The van der Waals surface area contributed by atoms with E-state index in [9.17, 15) is 5.48 Å². The first-order valence-corrected chi connectivity index (χ1v) is 25.2. The number of aromatic nitrogens is 4. The van der Waals surface area contributed by atoms with Crippen molar-refractivity contribution < 1.29 is 37.8 Å². The summed E-state index contributed by atoms with van der Waals surface area (Å²) in [4.78, 5) is 5.03. The number of nitrogens with zero attached hydrogens (tertiary/aromatic N) is 4. The van der Waals surface area contributed by atoms with Crippen LogP contribution in [0.5, 0.6) is 11.5 Å². The van der Waals surface area contributed by atoms with Gasteiger partial charge in [-0.2, -0.15) is 0 Å². The van der Waals surface area contributed by atoms with Crippen LogP contribution in [-0.2, 0) is 41.0 Å². The minimum atomic E-state index is -0.563. The molecule has 0 unspecified atom stereocenters. The van der Waals surface area contributed by atoms with Crippen molar-refractivity contribution in [2.45, 2.75) is 105 Å². The van der Waals surface area contributed by atoms with Crippen LogP contribution in [0.25, 0.3) is 72.3 Å². The number of hydrogen-bond acceptors (Lipinski definition) is 2. The molecule has 6 heteroatoms. The number of para-hydroxylation sites is 3. The SMILES string of the molecule is [2H]c1c([2H])c([2H])c(-c2cccc(-c3c([2H])c([2H])c([2H])c([2H])c3[2H])c2-n2[c](=[Pt])n(-c3[c-]c(Oc4[c-]c5c(cc4)c4c6c(ccc4n5-c4cc(C(C)(C)C)ccn4)C(C)(C)C(C)(C)C6(C)C)cc(C(C)(C)C)c3)c3ccccc32)c([2H])c1[2H]. The molecule has 1 aliphatic carbocycles. The van der Waals surface area contributed by atoms with Crippen LogP contribution in [0.1, 0.15) is 119 Å². The topological polar surface area (TPSA) is 36.9 Å². The van der Waals surface area contributed by atoms with Gasteiger partial charge in [0.15, 0.2) is 0 Å². The molecule has 0 spiro atoms. The molecule has 0 amide bonds. The van der Waals surface area contributed by atoms with Gasteiger partial charge in [-0.3, -0.25) is 0 Å². The Balaban J connectivity index is 1.16. The molecular formula is C65H62N4OPt-2. The van der Waals surface area contributed by atoms with Crippen LogP contribution in [0.3, 0.4) is 0 Å². The van der Waals surface area contributed by atoms with Gasteiger partial charge in [0, 0.05) is 6.20 Å². The van der Waals surface area contributed by atoms with Gasteiger partial charge in [0.2, 0.25) is 0 Å². The second-order valence-electron chi connectivity index (χ2n) is 22.4. The van der Waals surface area contributed by atoms with Gasteiger partial charge in [0.1, 0.15) is 0 Å². The van der Waals surface area contributed by atoms with Crippen LogP contribution in [0.4, 0.5) is 0 Å². The van der Waals surface area contributed by atoms with Crippen molar-refractivity contribution in [1.82, 2.24) is 18.7 Å².